The average Bonchev–Trinajstić information content (AvgIpc) is 3.79. The minimum absolute atomic E-state index is 0.898. The largest absolute Gasteiger partial charge is 0.455 e. The van der Waals surface area contributed by atoms with E-state index in [0.717, 1.165) is 66.1 Å². The molecular weight excluding hydrogens is 633 g/mol. The van der Waals surface area contributed by atoms with Crippen LogP contribution in [0.4, 0.5) is 0 Å². The molecule has 0 radical (unpaired) electrons. The fourth-order valence-corrected chi connectivity index (χ4v) is 8.42. The van der Waals surface area contributed by atoms with Crippen LogP contribution < -0.4 is 0 Å². The van der Waals surface area contributed by atoms with Crippen LogP contribution >= 0.6 is 0 Å². The Balaban J connectivity index is 1.29. The second-order valence-electron chi connectivity index (χ2n) is 13.5. The van der Waals surface area contributed by atoms with E-state index < -0.39 is 0 Å². The van der Waals surface area contributed by atoms with Gasteiger partial charge in [0.05, 0.1) is 0 Å². The highest BCUT2D eigenvalue weighted by molar-refractivity contribution is 6.23. The lowest BCUT2D eigenvalue weighted by molar-refractivity contribution is 0.669. The summed E-state index contributed by atoms with van der Waals surface area (Å²) in [5, 5.41) is 9.24. The van der Waals surface area contributed by atoms with Gasteiger partial charge in [-0.25, -0.2) is 0 Å². The van der Waals surface area contributed by atoms with Gasteiger partial charge in [0.1, 0.15) is 22.3 Å². The summed E-state index contributed by atoms with van der Waals surface area (Å²) in [6.45, 7) is 0. The molecule has 9 aromatic carbocycles. The van der Waals surface area contributed by atoms with Crippen molar-refractivity contribution < 1.29 is 8.83 Å². The van der Waals surface area contributed by atoms with E-state index in [2.05, 4.69) is 170 Å². The lowest BCUT2D eigenvalue weighted by atomic mass is 9.84. The van der Waals surface area contributed by atoms with Gasteiger partial charge in [-0.15, -0.1) is 0 Å². The Kier molecular flexibility index (Phi) is 6.28. The van der Waals surface area contributed by atoms with Gasteiger partial charge in [0.25, 0.3) is 0 Å². The maximum Gasteiger partial charge on any atom is 0.143 e. The van der Waals surface area contributed by atoms with Crippen molar-refractivity contribution in [3.05, 3.63) is 182 Å². The molecule has 0 bridgehead atoms. The zero-order valence-corrected chi connectivity index (χ0v) is 28.1. The summed E-state index contributed by atoms with van der Waals surface area (Å²) < 4.78 is 13.2. The van der Waals surface area contributed by atoms with Crippen LogP contribution in [0.3, 0.4) is 0 Å². The van der Waals surface area contributed by atoms with Gasteiger partial charge in [0.2, 0.25) is 0 Å². The van der Waals surface area contributed by atoms with Crippen molar-refractivity contribution in [1.82, 2.24) is 0 Å². The molecule has 52 heavy (non-hydrogen) atoms. The van der Waals surface area contributed by atoms with E-state index in [9.17, 15) is 0 Å². The summed E-state index contributed by atoms with van der Waals surface area (Å²) in [7, 11) is 0. The Morgan fingerprint density at radius 3 is 1.21 bits per heavy atom. The first-order valence-electron chi connectivity index (χ1n) is 17.8. The quantitative estimate of drug-likeness (QED) is 0.175. The molecule has 2 aromatic heterocycles. The van der Waals surface area contributed by atoms with Crippen LogP contribution in [0.5, 0.6) is 0 Å². The van der Waals surface area contributed by atoms with Crippen molar-refractivity contribution >= 4 is 65.4 Å². The number of fused-ring (bicyclic) bond motifs is 8. The second-order valence-corrected chi connectivity index (χ2v) is 13.5. The zero-order valence-electron chi connectivity index (χ0n) is 28.1. The highest BCUT2D eigenvalue weighted by Gasteiger charge is 2.21. The molecule has 11 rings (SSSR count). The predicted molar refractivity (Wildman–Crippen MR) is 218 cm³/mol. The predicted octanol–water partition coefficient (Wildman–Crippen LogP) is 14.5. The van der Waals surface area contributed by atoms with E-state index in [1.54, 1.807) is 0 Å². The third-order valence-corrected chi connectivity index (χ3v) is 10.7. The van der Waals surface area contributed by atoms with Gasteiger partial charge < -0.3 is 8.83 Å². The van der Waals surface area contributed by atoms with Gasteiger partial charge >= 0.3 is 0 Å². The van der Waals surface area contributed by atoms with E-state index in [1.807, 2.05) is 12.1 Å². The van der Waals surface area contributed by atoms with E-state index >= 15 is 0 Å². The van der Waals surface area contributed by atoms with Crippen LogP contribution in [-0.4, -0.2) is 0 Å². The topological polar surface area (TPSA) is 26.3 Å². The number of para-hydroxylation sites is 4. The number of rotatable bonds is 4. The minimum Gasteiger partial charge on any atom is -0.455 e. The minimum atomic E-state index is 0.898. The Labute approximate surface area is 299 Å². The van der Waals surface area contributed by atoms with Crippen LogP contribution in [-0.2, 0) is 0 Å². The van der Waals surface area contributed by atoms with Crippen molar-refractivity contribution in [3.63, 3.8) is 0 Å². The highest BCUT2D eigenvalue weighted by atomic mass is 16.3. The summed E-state index contributed by atoms with van der Waals surface area (Å²) >= 11 is 0. The molecule has 0 N–H and O–H groups in total. The molecule has 0 aliphatic rings. The first-order chi connectivity index (χ1) is 25.8. The first kappa shape index (κ1) is 28.9. The molecule has 2 nitrogen and oxygen atoms in total. The summed E-state index contributed by atoms with van der Waals surface area (Å²) in [6.07, 6.45) is 0. The molecule has 0 fully saturated rings. The molecule has 0 unspecified atom stereocenters. The van der Waals surface area contributed by atoms with Gasteiger partial charge in [-0.2, -0.15) is 0 Å². The lowest BCUT2D eigenvalue weighted by Crippen LogP contribution is -1.92. The third kappa shape index (κ3) is 4.25. The molecule has 0 saturated carbocycles. The van der Waals surface area contributed by atoms with E-state index in [1.165, 1.54) is 43.8 Å². The van der Waals surface area contributed by atoms with Crippen molar-refractivity contribution in [1.29, 1.82) is 0 Å². The normalized spacial score (nSPS) is 11.8. The molecule has 0 aliphatic heterocycles. The summed E-state index contributed by atoms with van der Waals surface area (Å²) in [6, 6.07) is 65.0. The molecule has 11 aromatic rings. The molecule has 0 spiro atoms. The number of hydrogen-bond acceptors (Lipinski definition) is 2. The van der Waals surface area contributed by atoms with Crippen molar-refractivity contribution in [3.8, 4) is 44.5 Å². The fraction of sp³-hybridized carbons (Fsp3) is 0. The van der Waals surface area contributed by atoms with Gasteiger partial charge in [-0.1, -0.05) is 164 Å². The van der Waals surface area contributed by atoms with Crippen LogP contribution in [0.1, 0.15) is 0 Å². The highest BCUT2D eigenvalue weighted by Crippen LogP contribution is 2.48. The summed E-state index contributed by atoms with van der Waals surface area (Å²) in [5.41, 5.74) is 12.8. The van der Waals surface area contributed by atoms with E-state index in [0.29, 0.717) is 0 Å². The van der Waals surface area contributed by atoms with Crippen LogP contribution in [0, 0.1) is 0 Å². The smallest absolute Gasteiger partial charge is 0.143 e. The van der Waals surface area contributed by atoms with Gasteiger partial charge in [0, 0.05) is 32.7 Å². The Morgan fingerprint density at radius 1 is 0.250 bits per heavy atom. The van der Waals surface area contributed by atoms with Gasteiger partial charge in [0.15, 0.2) is 0 Å². The van der Waals surface area contributed by atoms with Crippen molar-refractivity contribution in [2.24, 2.45) is 0 Å². The first-order valence-corrected chi connectivity index (χ1v) is 17.8. The average molecular weight is 663 g/mol. The van der Waals surface area contributed by atoms with Crippen LogP contribution in [0.15, 0.2) is 191 Å². The molecular formula is C50H30O2. The van der Waals surface area contributed by atoms with Crippen molar-refractivity contribution in [2.75, 3.05) is 0 Å². The van der Waals surface area contributed by atoms with Crippen LogP contribution in [0.25, 0.3) is 110 Å². The Hall–Kier alpha value is -6.90. The summed E-state index contributed by atoms with van der Waals surface area (Å²) in [5.74, 6) is 0. The van der Waals surface area contributed by atoms with Crippen molar-refractivity contribution in [2.45, 2.75) is 0 Å². The van der Waals surface area contributed by atoms with Crippen LogP contribution in [0.2, 0.25) is 0 Å². The van der Waals surface area contributed by atoms with E-state index in [4.69, 9.17) is 8.83 Å². The zero-order chi connectivity index (χ0) is 34.2. The molecule has 0 aliphatic carbocycles. The summed E-state index contributed by atoms with van der Waals surface area (Å²) in [4.78, 5) is 0. The number of hydrogen-bond donors (Lipinski definition) is 0. The molecule has 0 amide bonds. The second kappa shape index (κ2) is 11.3. The van der Waals surface area contributed by atoms with Gasteiger partial charge in [-0.05, 0) is 73.1 Å². The Bertz CT molecular complexity index is 3010. The lowest BCUT2D eigenvalue weighted by Gasteiger charge is -2.19. The fourth-order valence-electron chi connectivity index (χ4n) is 8.42. The maximum absolute atomic E-state index is 6.62. The molecule has 2 heteroatoms. The third-order valence-electron chi connectivity index (χ3n) is 10.7. The Morgan fingerprint density at radius 2 is 0.654 bits per heavy atom. The molecule has 0 saturated heterocycles. The van der Waals surface area contributed by atoms with E-state index in [-0.39, 0.29) is 0 Å². The standard InChI is InChI=1S/C50H30O2/c1-2-14-31(15-3-1)32-16-4-5-19-37(32)48-38-22-10-20-33(40-24-12-26-42-35-17-6-8-28-46(35)51-49(40)42)44(38)30-45-34(21-11-23-39(45)48)41-25-13-27-43-36-18-7-9-29-47(36)52-50(41)43/h1-30H. The molecule has 0 atom stereocenters. The number of furan rings is 2. The molecule has 2 heterocycles. The monoisotopic (exact) mass is 662 g/mol. The van der Waals surface area contributed by atoms with Gasteiger partial charge in [-0.3, -0.25) is 0 Å². The SMILES string of the molecule is c1ccc(-c2ccccc2-c2c3cccc(-c4cccc5c4oc4ccccc45)c3cc3c(-c4cccc5c4oc4ccccc45)cccc23)cc1. The number of benzene rings is 9. The molecule has 242 valence electrons. The maximum atomic E-state index is 6.62.